The Morgan fingerprint density at radius 1 is 1.39 bits per heavy atom. The Hall–Kier alpha value is -1.06. The lowest BCUT2D eigenvalue weighted by atomic mass is 10.0. The Balaban J connectivity index is 2.08. The maximum absolute atomic E-state index is 5.83. The summed E-state index contributed by atoms with van der Waals surface area (Å²) in [5.74, 6) is 0.971. The fourth-order valence-electron chi connectivity index (χ4n) is 2.19. The van der Waals surface area contributed by atoms with Crippen molar-refractivity contribution < 1.29 is 9.47 Å². The second-order valence-corrected chi connectivity index (χ2v) is 4.82. The van der Waals surface area contributed by atoms with Gasteiger partial charge in [-0.05, 0) is 51.4 Å². The number of benzene rings is 1. The van der Waals surface area contributed by atoms with Crippen LogP contribution in [0.4, 0.5) is 0 Å². The van der Waals surface area contributed by atoms with E-state index in [0.717, 1.165) is 12.4 Å². The lowest BCUT2D eigenvalue weighted by Crippen LogP contribution is -2.29. The second kappa shape index (κ2) is 6.21. The van der Waals surface area contributed by atoms with Gasteiger partial charge in [0.15, 0.2) is 0 Å². The van der Waals surface area contributed by atoms with Crippen LogP contribution in [-0.2, 0) is 4.74 Å². The lowest BCUT2D eigenvalue weighted by Gasteiger charge is -2.24. The smallest absolute Gasteiger partial charge is 0.120 e. The third-order valence-electron chi connectivity index (χ3n) is 3.25. The molecule has 1 saturated carbocycles. The minimum atomic E-state index is 0.149. The number of hydrogen-bond acceptors (Lipinski definition) is 3. The minimum Gasteiger partial charge on any atom is -0.490 e. The number of ether oxygens (including phenoxy) is 2. The highest BCUT2D eigenvalue weighted by Crippen LogP contribution is 2.29. The summed E-state index contributed by atoms with van der Waals surface area (Å²) < 4.78 is 11.5. The predicted molar refractivity (Wildman–Crippen MR) is 73.0 cm³/mol. The lowest BCUT2D eigenvalue weighted by molar-refractivity contribution is 0.0492. The van der Waals surface area contributed by atoms with Crippen LogP contribution in [0, 0.1) is 0 Å². The van der Waals surface area contributed by atoms with E-state index in [4.69, 9.17) is 9.47 Å². The quantitative estimate of drug-likeness (QED) is 0.806. The minimum absolute atomic E-state index is 0.149. The Labute approximate surface area is 109 Å². The van der Waals surface area contributed by atoms with Gasteiger partial charge in [-0.1, -0.05) is 12.1 Å². The van der Waals surface area contributed by atoms with E-state index in [2.05, 4.69) is 30.4 Å². The molecule has 2 atom stereocenters. The highest BCUT2D eigenvalue weighted by atomic mass is 16.5. The van der Waals surface area contributed by atoms with Gasteiger partial charge in [0.2, 0.25) is 0 Å². The maximum Gasteiger partial charge on any atom is 0.120 e. The Kier molecular flexibility index (Phi) is 4.61. The number of hydrogen-bond donors (Lipinski definition) is 1. The fourth-order valence-corrected chi connectivity index (χ4v) is 2.19. The molecule has 0 bridgehead atoms. The Morgan fingerprint density at radius 2 is 2.17 bits per heavy atom. The molecule has 1 aromatic rings. The van der Waals surface area contributed by atoms with Crippen LogP contribution < -0.4 is 10.1 Å². The van der Waals surface area contributed by atoms with Crippen molar-refractivity contribution in [1.82, 2.24) is 5.32 Å². The first-order valence-corrected chi connectivity index (χ1v) is 6.80. The molecule has 1 aliphatic rings. The summed E-state index contributed by atoms with van der Waals surface area (Å²) in [6, 6.07) is 8.52. The van der Waals surface area contributed by atoms with Crippen molar-refractivity contribution in [2.24, 2.45) is 0 Å². The zero-order valence-electron chi connectivity index (χ0n) is 11.5. The number of likely N-dealkylation sites (N-methyl/N-ethyl adjacent to an activating group) is 1. The first-order valence-electron chi connectivity index (χ1n) is 6.80. The second-order valence-electron chi connectivity index (χ2n) is 4.82. The summed E-state index contributed by atoms with van der Waals surface area (Å²) in [6.07, 6.45) is 2.97. The Morgan fingerprint density at radius 3 is 2.78 bits per heavy atom. The molecule has 0 saturated heterocycles. The molecule has 0 radical (unpaired) electrons. The van der Waals surface area contributed by atoms with E-state index >= 15 is 0 Å². The van der Waals surface area contributed by atoms with Gasteiger partial charge in [-0.2, -0.15) is 0 Å². The van der Waals surface area contributed by atoms with Crippen LogP contribution in [0.15, 0.2) is 24.3 Å². The largest absolute Gasteiger partial charge is 0.490 e. The van der Waals surface area contributed by atoms with Crippen LogP contribution in [-0.4, -0.2) is 25.9 Å². The van der Waals surface area contributed by atoms with Crippen LogP contribution in [0.25, 0.3) is 0 Å². The van der Waals surface area contributed by atoms with E-state index in [-0.39, 0.29) is 12.1 Å². The zero-order chi connectivity index (χ0) is 13.0. The molecule has 0 heterocycles. The van der Waals surface area contributed by atoms with E-state index < -0.39 is 0 Å². The van der Waals surface area contributed by atoms with Gasteiger partial charge in [0.1, 0.15) is 5.75 Å². The van der Waals surface area contributed by atoms with Crippen molar-refractivity contribution in [1.29, 1.82) is 0 Å². The molecular formula is C15H23NO2. The molecule has 1 fully saturated rings. The molecule has 0 aromatic heterocycles. The number of rotatable bonds is 7. The van der Waals surface area contributed by atoms with Crippen LogP contribution >= 0.6 is 0 Å². The summed E-state index contributed by atoms with van der Waals surface area (Å²) in [6.45, 7) is 4.85. The molecule has 0 spiro atoms. The molecule has 1 aromatic carbocycles. The Bertz CT molecular complexity index is 377. The first kappa shape index (κ1) is 13.4. The first-order chi connectivity index (χ1) is 8.74. The topological polar surface area (TPSA) is 30.5 Å². The zero-order valence-corrected chi connectivity index (χ0v) is 11.5. The molecular weight excluding hydrogens is 226 g/mol. The van der Waals surface area contributed by atoms with Crippen molar-refractivity contribution >= 4 is 0 Å². The van der Waals surface area contributed by atoms with Crippen LogP contribution in [0.5, 0.6) is 5.75 Å². The molecule has 3 nitrogen and oxygen atoms in total. The van der Waals surface area contributed by atoms with Crippen LogP contribution in [0.3, 0.4) is 0 Å². The molecule has 0 aliphatic heterocycles. The van der Waals surface area contributed by atoms with Crippen molar-refractivity contribution in [3.63, 3.8) is 0 Å². The van der Waals surface area contributed by atoms with E-state index in [1.165, 1.54) is 18.4 Å². The van der Waals surface area contributed by atoms with Gasteiger partial charge >= 0.3 is 0 Å². The van der Waals surface area contributed by atoms with Gasteiger partial charge < -0.3 is 14.8 Å². The molecule has 100 valence electrons. The summed E-state index contributed by atoms with van der Waals surface area (Å²) >= 11 is 0. The normalized spacial score (nSPS) is 18.4. The average molecular weight is 249 g/mol. The molecule has 1 N–H and O–H groups in total. The highest BCUT2D eigenvalue weighted by Gasteiger charge is 2.24. The third kappa shape index (κ3) is 3.47. The van der Waals surface area contributed by atoms with Gasteiger partial charge in [-0.15, -0.1) is 0 Å². The van der Waals surface area contributed by atoms with Gasteiger partial charge in [-0.3, -0.25) is 0 Å². The molecule has 3 heteroatoms. The van der Waals surface area contributed by atoms with Crippen LogP contribution in [0.1, 0.15) is 38.3 Å². The van der Waals surface area contributed by atoms with Gasteiger partial charge in [0.25, 0.3) is 0 Å². The molecule has 18 heavy (non-hydrogen) atoms. The van der Waals surface area contributed by atoms with Crippen molar-refractivity contribution in [2.75, 3.05) is 13.7 Å². The van der Waals surface area contributed by atoms with Gasteiger partial charge in [-0.25, -0.2) is 0 Å². The number of nitrogens with one attached hydrogen (secondary N) is 1. The summed E-state index contributed by atoms with van der Waals surface area (Å²) in [4.78, 5) is 0. The maximum atomic E-state index is 5.83. The highest BCUT2D eigenvalue weighted by molar-refractivity contribution is 5.31. The van der Waals surface area contributed by atoms with Crippen molar-refractivity contribution in [2.45, 2.75) is 44.9 Å². The van der Waals surface area contributed by atoms with E-state index in [1.807, 2.05) is 20.0 Å². The fraction of sp³-hybridized carbons (Fsp3) is 0.600. The summed E-state index contributed by atoms with van der Waals surface area (Å²) in [7, 11) is 1.97. The van der Waals surface area contributed by atoms with E-state index in [0.29, 0.717) is 6.10 Å². The van der Waals surface area contributed by atoms with Gasteiger partial charge in [0.05, 0.1) is 18.2 Å². The standard InChI is InChI=1S/C15H23NO2/c1-4-17-11(2)15(16-3)12-6-5-7-14(10-12)18-13-8-9-13/h5-7,10-11,13,15-16H,4,8-9H2,1-3H3. The molecule has 1 aliphatic carbocycles. The molecule has 2 rings (SSSR count). The van der Waals surface area contributed by atoms with Crippen molar-refractivity contribution in [3.8, 4) is 5.75 Å². The molecule has 0 amide bonds. The van der Waals surface area contributed by atoms with Gasteiger partial charge in [0, 0.05) is 6.61 Å². The SMILES string of the molecule is CCOC(C)C(NC)c1cccc(OC2CC2)c1. The van der Waals surface area contributed by atoms with Crippen LogP contribution in [0.2, 0.25) is 0 Å². The summed E-state index contributed by atoms with van der Waals surface area (Å²) in [5, 5.41) is 3.32. The average Bonchev–Trinajstić information content (AvgIpc) is 3.15. The van der Waals surface area contributed by atoms with E-state index in [9.17, 15) is 0 Å². The monoisotopic (exact) mass is 249 g/mol. The third-order valence-corrected chi connectivity index (χ3v) is 3.25. The van der Waals surface area contributed by atoms with Crippen molar-refractivity contribution in [3.05, 3.63) is 29.8 Å². The predicted octanol–water partition coefficient (Wildman–Crippen LogP) is 2.91. The van der Waals surface area contributed by atoms with E-state index in [1.54, 1.807) is 0 Å². The molecule has 2 unspecified atom stereocenters. The summed E-state index contributed by atoms with van der Waals surface area (Å²) in [5.41, 5.74) is 1.22.